The summed E-state index contributed by atoms with van der Waals surface area (Å²) < 4.78 is 76.5. The van der Waals surface area contributed by atoms with E-state index in [1.165, 1.54) is 36.5 Å². The second kappa shape index (κ2) is 13.3. The molecule has 0 unspecified atom stereocenters. The van der Waals surface area contributed by atoms with Crippen molar-refractivity contribution < 1.29 is 31.1 Å². The summed E-state index contributed by atoms with van der Waals surface area (Å²) in [5, 5.41) is 6.03. The number of hydrogen-bond donors (Lipinski definition) is 3. The summed E-state index contributed by atoms with van der Waals surface area (Å²) in [5.41, 5.74) is -1.17. The molecule has 1 aliphatic carbocycles. The van der Waals surface area contributed by atoms with E-state index in [0.717, 1.165) is 12.1 Å². The quantitative estimate of drug-likeness (QED) is 0.175. The maximum Gasteiger partial charge on any atom is 0.407 e. The minimum Gasteiger partial charge on any atom is -0.444 e. The fourth-order valence-electron chi connectivity index (χ4n) is 5.09. The van der Waals surface area contributed by atoms with Gasteiger partial charge in [-0.15, -0.1) is 0 Å². The predicted octanol–water partition coefficient (Wildman–Crippen LogP) is 7.47. The zero-order chi connectivity index (χ0) is 33.2. The van der Waals surface area contributed by atoms with Gasteiger partial charge < -0.3 is 15.4 Å². The number of fused-ring (bicyclic) bond motifs is 1. The molecule has 0 bridgehead atoms. The van der Waals surface area contributed by atoms with Crippen LogP contribution in [0, 0.1) is 5.82 Å². The molecule has 1 saturated carbocycles. The van der Waals surface area contributed by atoms with E-state index in [0.29, 0.717) is 25.7 Å². The number of sulfonamides is 1. The molecule has 4 aromatic rings. The van der Waals surface area contributed by atoms with E-state index < -0.39 is 39.5 Å². The smallest absolute Gasteiger partial charge is 0.407 e. The molecule has 15 heteroatoms. The van der Waals surface area contributed by atoms with Crippen molar-refractivity contribution in [1.82, 2.24) is 20.3 Å². The summed E-state index contributed by atoms with van der Waals surface area (Å²) >= 11 is 5.99. The molecule has 46 heavy (non-hydrogen) atoms. The number of carbonyl (C=O) groups excluding carboxylic acids is 1. The van der Waals surface area contributed by atoms with Gasteiger partial charge in [-0.2, -0.15) is 0 Å². The molecule has 0 aliphatic heterocycles. The third-order valence-corrected chi connectivity index (χ3v) is 9.09. The standard InChI is InChI=1S/C31H32ClF3N6O4S/c1-31(2,3)45-30(42)38-19-11-9-18(10-12-19)37-29-36-16-25-27(40-29)20(28(34)35)15-24(39-25)17-8-13-23(22(33)14-17)41-46(43,44)26-7-5-4-6-21(26)32/h4-8,13-16,18-19,28,41H,9-12H2,1-3H3,(H,38,42)(H,36,37,40)/t18-,19-. The van der Waals surface area contributed by atoms with E-state index in [1.807, 2.05) is 0 Å². The number of alkyl carbamates (subject to hydrolysis) is 1. The Balaban J connectivity index is 1.31. The third-order valence-electron chi connectivity index (χ3n) is 7.23. The van der Waals surface area contributed by atoms with Crippen LogP contribution in [0.25, 0.3) is 22.3 Å². The van der Waals surface area contributed by atoms with Gasteiger partial charge >= 0.3 is 6.09 Å². The van der Waals surface area contributed by atoms with Crippen LogP contribution >= 0.6 is 11.6 Å². The van der Waals surface area contributed by atoms with Gasteiger partial charge in [0.05, 0.1) is 22.6 Å². The molecule has 2 heterocycles. The number of benzene rings is 2. The van der Waals surface area contributed by atoms with Crippen LogP contribution in [0.15, 0.2) is 59.6 Å². The number of pyridine rings is 1. The second-order valence-electron chi connectivity index (χ2n) is 11.9. The SMILES string of the molecule is CC(C)(C)OC(=O)N[C@H]1CC[C@H](Nc2ncc3nc(-c4ccc(NS(=O)(=O)c5ccccc5Cl)c(F)c4)cc(C(F)F)c3n2)CC1. The monoisotopic (exact) mass is 676 g/mol. The topological polar surface area (TPSA) is 135 Å². The number of nitrogens with one attached hydrogen (secondary N) is 3. The van der Waals surface area contributed by atoms with Crippen molar-refractivity contribution in [1.29, 1.82) is 0 Å². The molecule has 5 rings (SSSR count). The Kier molecular flexibility index (Phi) is 9.59. The average Bonchev–Trinajstić information content (AvgIpc) is 2.97. The normalized spacial score (nSPS) is 17.1. The van der Waals surface area contributed by atoms with Crippen LogP contribution in [0.2, 0.25) is 5.02 Å². The van der Waals surface area contributed by atoms with Gasteiger partial charge in [-0.3, -0.25) is 4.72 Å². The molecule has 3 N–H and O–H groups in total. The molecule has 0 atom stereocenters. The van der Waals surface area contributed by atoms with Gasteiger partial charge in [0.2, 0.25) is 5.95 Å². The largest absolute Gasteiger partial charge is 0.444 e. The maximum atomic E-state index is 15.1. The molecule has 0 radical (unpaired) electrons. The van der Waals surface area contributed by atoms with Gasteiger partial charge in [-0.25, -0.2) is 41.3 Å². The van der Waals surface area contributed by atoms with Crippen LogP contribution in [-0.4, -0.2) is 47.1 Å². The van der Waals surface area contributed by atoms with Crippen molar-refractivity contribution in [3.8, 4) is 11.3 Å². The van der Waals surface area contributed by atoms with Crippen molar-refractivity contribution in [3.63, 3.8) is 0 Å². The Morgan fingerprint density at radius 2 is 1.72 bits per heavy atom. The van der Waals surface area contributed by atoms with E-state index in [1.54, 1.807) is 26.8 Å². The van der Waals surface area contributed by atoms with Crippen molar-refractivity contribution in [3.05, 3.63) is 71.1 Å². The lowest BCUT2D eigenvalue weighted by atomic mass is 9.91. The summed E-state index contributed by atoms with van der Waals surface area (Å²) in [6.07, 6.45) is 0.687. The highest BCUT2D eigenvalue weighted by Crippen LogP contribution is 2.33. The van der Waals surface area contributed by atoms with Gasteiger partial charge in [-0.05, 0) is 76.8 Å². The predicted molar refractivity (Wildman–Crippen MR) is 169 cm³/mol. The lowest BCUT2D eigenvalue weighted by molar-refractivity contribution is 0.0492. The Morgan fingerprint density at radius 3 is 2.37 bits per heavy atom. The number of ether oxygens (including phenoxy) is 1. The highest BCUT2D eigenvalue weighted by molar-refractivity contribution is 7.92. The zero-order valence-corrected chi connectivity index (χ0v) is 26.7. The molecular weight excluding hydrogens is 645 g/mol. The highest BCUT2D eigenvalue weighted by Gasteiger charge is 2.26. The molecular formula is C31H32ClF3N6O4S. The van der Waals surface area contributed by atoms with Crippen molar-refractivity contribution >= 4 is 50.4 Å². The van der Waals surface area contributed by atoms with Gasteiger partial charge in [0, 0.05) is 23.2 Å². The number of aromatic nitrogens is 3. The van der Waals surface area contributed by atoms with Gasteiger partial charge in [0.1, 0.15) is 27.3 Å². The van der Waals surface area contributed by atoms with Crippen molar-refractivity contribution in [2.24, 2.45) is 0 Å². The molecule has 0 saturated heterocycles. The summed E-state index contributed by atoms with van der Waals surface area (Å²) in [5.74, 6) is -0.783. The van der Waals surface area contributed by atoms with E-state index >= 15 is 4.39 Å². The summed E-state index contributed by atoms with van der Waals surface area (Å²) in [6.45, 7) is 5.38. The van der Waals surface area contributed by atoms with E-state index in [4.69, 9.17) is 16.3 Å². The van der Waals surface area contributed by atoms with Crippen LogP contribution in [0.1, 0.15) is 58.4 Å². The van der Waals surface area contributed by atoms with E-state index in [9.17, 15) is 22.0 Å². The first-order chi connectivity index (χ1) is 21.7. The number of halogens is 4. The van der Waals surface area contributed by atoms with Crippen molar-refractivity contribution in [2.75, 3.05) is 10.0 Å². The molecule has 1 amide bonds. The van der Waals surface area contributed by atoms with Crippen LogP contribution in [0.3, 0.4) is 0 Å². The first kappa shape index (κ1) is 33.2. The number of carbonyl (C=O) groups is 1. The van der Waals surface area contributed by atoms with E-state index in [2.05, 4.69) is 30.3 Å². The maximum absolute atomic E-state index is 15.1. The fourth-order valence-corrected chi connectivity index (χ4v) is 6.68. The Bertz CT molecular complexity index is 1870. The van der Waals surface area contributed by atoms with Gasteiger partial charge in [-0.1, -0.05) is 29.8 Å². The lowest BCUT2D eigenvalue weighted by Gasteiger charge is -2.30. The number of rotatable bonds is 8. The van der Waals surface area contributed by atoms with Gasteiger partial charge in [0.25, 0.3) is 16.4 Å². The van der Waals surface area contributed by atoms with Crippen molar-refractivity contribution in [2.45, 2.75) is 75.5 Å². The fraction of sp³-hybridized carbons (Fsp3) is 0.355. The number of hydrogen-bond acceptors (Lipinski definition) is 8. The molecule has 2 aromatic heterocycles. The molecule has 1 aliphatic rings. The van der Waals surface area contributed by atoms with Crippen LogP contribution in [0.4, 0.5) is 29.6 Å². The second-order valence-corrected chi connectivity index (χ2v) is 14.0. The highest BCUT2D eigenvalue weighted by atomic mass is 35.5. The molecule has 1 fully saturated rings. The first-order valence-electron chi connectivity index (χ1n) is 14.5. The van der Waals surface area contributed by atoms with Gasteiger partial charge in [0.15, 0.2) is 0 Å². The molecule has 2 aromatic carbocycles. The number of alkyl halides is 2. The van der Waals surface area contributed by atoms with Crippen LogP contribution < -0.4 is 15.4 Å². The molecule has 10 nitrogen and oxygen atoms in total. The minimum atomic E-state index is -4.20. The Morgan fingerprint density at radius 1 is 1.02 bits per heavy atom. The number of anilines is 2. The number of nitrogens with zero attached hydrogens (tertiary/aromatic N) is 3. The van der Waals surface area contributed by atoms with Crippen LogP contribution in [-0.2, 0) is 14.8 Å². The van der Waals surface area contributed by atoms with E-state index in [-0.39, 0.29) is 55.9 Å². The zero-order valence-electron chi connectivity index (χ0n) is 25.2. The minimum absolute atomic E-state index is 0.0299. The number of amides is 1. The third kappa shape index (κ3) is 7.97. The molecule has 244 valence electrons. The molecule has 0 spiro atoms. The first-order valence-corrected chi connectivity index (χ1v) is 16.3. The Labute approximate surface area is 269 Å². The average molecular weight is 677 g/mol. The summed E-state index contributed by atoms with van der Waals surface area (Å²) in [4.78, 5) is 24.8. The Hall–Kier alpha value is -4.17. The summed E-state index contributed by atoms with van der Waals surface area (Å²) in [7, 11) is -4.20. The lowest BCUT2D eigenvalue weighted by Crippen LogP contribution is -2.42. The summed E-state index contributed by atoms with van der Waals surface area (Å²) in [6, 6.07) is 10.3. The van der Waals surface area contributed by atoms with Crippen LogP contribution in [0.5, 0.6) is 0 Å².